The minimum absolute atomic E-state index is 0.255. The summed E-state index contributed by atoms with van der Waals surface area (Å²) in [5.41, 5.74) is 2.61. The quantitative estimate of drug-likeness (QED) is 0.743. The second-order valence-corrected chi connectivity index (χ2v) is 9.20. The number of esters is 1. The van der Waals surface area contributed by atoms with Crippen molar-refractivity contribution in [3.05, 3.63) is 65.2 Å². The highest BCUT2D eigenvalue weighted by molar-refractivity contribution is 7.93. The first-order chi connectivity index (χ1) is 12.9. The Morgan fingerprint density at radius 2 is 1.70 bits per heavy atom. The summed E-state index contributed by atoms with van der Waals surface area (Å²) >= 11 is 0. The molecule has 0 radical (unpaired) electrons. The lowest BCUT2D eigenvalue weighted by atomic mass is 9.89. The Bertz CT molecular complexity index is 1100. The Labute approximate surface area is 158 Å². The lowest BCUT2D eigenvalue weighted by Crippen LogP contribution is -2.47. The van der Waals surface area contributed by atoms with Gasteiger partial charge in [-0.25, -0.2) is 8.42 Å². The third kappa shape index (κ3) is 2.29. The van der Waals surface area contributed by atoms with E-state index in [9.17, 15) is 13.2 Å². The largest absolute Gasteiger partial charge is 0.426 e. The number of hydrogen-bond acceptors (Lipinski definition) is 4. The van der Waals surface area contributed by atoms with E-state index < -0.39 is 15.6 Å². The van der Waals surface area contributed by atoms with Crippen LogP contribution in [0.25, 0.3) is 5.76 Å². The molecule has 6 heteroatoms. The summed E-state index contributed by atoms with van der Waals surface area (Å²) in [5, 5.41) is 0. The Hall–Kier alpha value is -2.60. The molecular weight excluding hydrogens is 362 g/mol. The molecule has 5 rings (SSSR count). The maximum Gasteiger partial charge on any atom is 0.311 e. The van der Waals surface area contributed by atoms with Crippen molar-refractivity contribution in [2.45, 2.75) is 43.0 Å². The number of aryl methyl sites for hydroxylation is 1. The van der Waals surface area contributed by atoms with Gasteiger partial charge in [0, 0.05) is 17.6 Å². The second-order valence-electron chi connectivity index (χ2n) is 7.41. The average Bonchev–Trinajstić information content (AvgIpc) is 3.43. The number of benzene rings is 2. The molecule has 2 aliphatic heterocycles. The first-order valence-corrected chi connectivity index (χ1v) is 10.5. The molecule has 2 aromatic rings. The van der Waals surface area contributed by atoms with Gasteiger partial charge >= 0.3 is 5.97 Å². The molecule has 5 nitrogen and oxygen atoms in total. The van der Waals surface area contributed by atoms with Gasteiger partial charge in [0.15, 0.2) is 0 Å². The summed E-state index contributed by atoms with van der Waals surface area (Å²) in [5.74, 6) is 0.309. The van der Waals surface area contributed by atoms with Crippen LogP contribution in [0, 0.1) is 6.92 Å². The number of carbonyl (C=O) groups excluding carboxylic acids is 1. The maximum atomic E-state index is 13.7. The molecule has 3 aliphatic rings. The molecular formula is C21H19NO4S. The lowest BCUT2D eigenvalue weighted by Gasteiger charge is -2.41. The standard InChI is InChI=1S/C21H19NO4S/c1-14-6-8-15(9-7-14)27(24,25)22-18-5-3-2-4-16(18)20-17(21(22)12-13-21)10-11-19(23)26-20/h2-9H,10-13H2,1H3. The fraction of sp³-hybridized carbons (Fsp3) is 0.286. The van der Waals surface area contributed by atoms with Gasteiger partial charge in [-0.3, -0.25) is 9.10 Å². The first-order valence-electron chi connectivity index (χ1n) is 9.09. The van der Waals surface area contributed by atoms with E-state index >= 15 is 0 Å². The van der Waals surface area contributed by atoms with Gasteiger partial charge in [-0.1, -0.05) is 29.8 Å². The molecule has 0 saturated heterocycles. The van der Waals surface area contributed by atoms with Crippen LogP contribution in [-0.2, 0) is 19.6 Å². The summed E-state index contributed by atoms with van der Waals surface area (Å²) in [6, 6.07) is 14.2. The molecule has 2 aromatic carbocycles. The number of rotatable bonds is 2. The monoisotopic (exact) mass is 381 g/mol. The van der Waals surface area contributed by atoms with Crippen molar-refractivity contribution in [3.8, 4) is 0 Å². The molecule has 1 saturated carbocycles. The van der Waals surface area contributed by atoms with Gasteiger partial charge in [-0.05, 0) is 50.5 Å². The van der Waals surface area contributed by atoms with Crippen LogP contribution in [0.4, 0.5) is 5.69 Å². The molecule has 0 atom stereocenters. The number of hydrogen-bond donors (Lipinski definition) is 0. The number of nitrogens with zero attached hydrogens (tertiary/aromatic N) is 1. The van der Waals surface area contributed by atoms with E-state index in [-0.39, 0.29) is 10.9 Å². The van der Waals surface area contributed by atoms with Crippen LogP contribution < -0.4 is 4.31 Å². The topological polar surface area (TPSA) is 63.7 Å². The van der Waals surface area contributed by atoms with Gasteiger partial charge < -0.3 is 4.74 Å². The van der Waals surface area contributed by atoms with Crippen LogP contribution in [-0.4, -0.2) is 19.9 Å². The smallest absolute Gasteiger partial charge is 0.311 e. The number of anilines is 1. The normalized spacial score (nSPS) is 20.2. The minimum atomic E-state index is -3.74. The van der Waals surface area contributed by atoms with Crippen LogP contribution in [0.3, 0.4) is 0 Å². The van der Waals surface area contributed by atoms with Crippen LogP contribution in [0.5, 0.6) is 0 Å². The minimum Gasteiger partial charge on any atom is -0.426 e. The van der Waals surface area contributed by atoms with Crippen molar-refractivity contribution < 1.29 is 17.9 Å². The Kier molecular flexibility index (Phi) is 3.35. The van der Waals surface area contributed by atoms with Crippen LogP contribution >= 0.6 is 0 Å². The molecule has 1 aliphatic carbocycles. The average molecular weight is 381 g/mol. The summed E-state index contributed by atoms with van der Waals surface area (Å²) in [4.78, 5) is 12.2. The number of para-hydroxylation sites is 1. The predicted octanol–water partition coefficient (Wildman–Crippen LogP) is 3.78. The Balaban J connectivity index is 1.74. The van der Waals surface area contributed by atoms with Crippen LogP contribution in [0.15, 0.2) is 59.0 Å². The van der Waals surface area contributed by atoms with E-state index in [4.69, 9.17) is 4.74 Å². The highest BCUT2D eigenvalue weighted by Gasteiger charge is 2.60. The Morgan fingerprint density at radius 3 is 2.41 bits per heavy atom. The van der Waals surface area contributed by atoms with E-state index in [2.05, 4.69) is 0 Å². The zero-order chi connectivity index (χ0) is 18.8. The molecule has 0 N–H and O–H groups in total. The van der Waals surface area contributed by atoms with Gasteiger partial charge in [-0.2, -0.15) is 0 Å². The van der Waals surface area contributed by atoms with Crippen molar-refractivity contribution in [1.29, 1.82) is 0 Å². The number of sulfonamides is 1. The number of carbonyl (C=O) groups is 1. The first kappa shape index (κ1) is 16.6. The second kappa shape index (κ2) is 5.45. The van der Waals surface area contributed by atoms with Crippen LogP contribution in [0.2, 0.25) is 0 Å². The SMILES string of the molecule is Cc1ccc(S(=O)(=O)N2c3ccccc3C3=C(CCC(=O)O3)C23CC3)cc1. The predicted molar refractivity (Wildman–Crippen MR) is 101 cm³/mol. The van der Waals surface area contributed by atoms with Gasteiger partial charge in [0.05, 0.1) is 16.1 Å². The van der Waals surface area contributed by atoms with Crippen molar-refractivity contribution >= 4 is 27.4 Å². The van der Waals surface area contributed by atoms with E-state index in [1.165, 1.54) is 0 Å². The van der Waals surface area contributed by atoms with Crippen molar-refractivity contribution in [2.75, 3.05) is 4.31 Å². The molecule has 1 fully saturated rings. The molecule has 0 aromatic heterocycles. The molecule has 0 bridgehead atoms. The summed E-state index contributed by atoms with van der Waals surface area (Å²) in [6.45, 7) is 1.93. The highest BCUT2D eigenvalue weighted by atomic mass is 32.2. The van der Waals surface area contributed by atoms with E-state index in [1.807, 2.05) is 37.3 Å². The van der Waals surface area contributed by atoms with Gasteiger partial charge in [0.2, 0.25) is 0 Å². The highest BCUT2D eigenvalue weighted by Crippen LogP contribution is 2.60. The zero-order valence-electron chi connectivity index (χ0n) is 14.9. The zero-order valence-corrected chi connectivity index (χ0v) is 15.8. The molecule has 27 heavy (non-hydrogen) atoms. The summed E-state index contributed by atoms with van der Waals surface area (Å²) in [7, 11) is -3.74. The van der Waals surface area contributed by atoms with E-state index in [0.717, 1.165) is 24.0 Å². The van der Waals surface area contributed by atoms with E-state index in [1.54, 1.807) is 22.5 Å². The lowest BCUT2D eigenvalue weighted by molar-refractivity contribution is -0.137. The Morgan fingerprint density at radius 1 is 1.00 bits per heavy atom. The molecule has 0 unspecified atom stereocenters. The van der Waals surface area contributed by atoms with Crippen LogP contribution in [0.1, 0.15) is 36.8 Å². The summed E-state index contributed by atoms with van der Waals surface area (Å²) in [6.07, 6.45) is 2.31. The van der Waals surface area contributed by atoms with Gasteiger partial charge in [0.25, 0.3) is 10.0 Å². The third-order valence-corrected chi connectivity index (χ3v) is 7.56. The number of fused-ring (bicyclic) bond motifs is 3. The van der Waals surface area contributed by atoms with Crippen molar-refractivity contribution in [2.24, 2.45) is 0 Å². The van der Waals surface area contributed by atoms with Gasteiger partial charge in [0.1, 0.15) is 5.76 Å². The molecule has 138 valence electrons. The van der Waals surface area contributed by atoms with Crippen molar-refractivity contribution in [1.82, 2.24) is 0 Å². The maximum absolute atomic E-state index is 13.7. The van der Waals surface area contributed by atoms with Gasteiger partial charge in [-0.15, -0.1) is 0 Å². The molecule has 2 heterocycles. The van der Waals surface area contributed by atoms with E-state index in [0.29, 0.717) is 29.9 Å². The van der Waals surface area contributed by atoms with Crippen molar-refractivity contribution in [3.63, 3.8) is 0 Å². The summed E-state index contributed by atoms with van der Waals surface area (Å²) < 4.78 is 34.5. The fourth-order valence-corrected chi connectivity index (χ4v) is 6.08. The molecule has 0 amide bonds. The number of ether oxygens (including phenoxy) is 1. The fourth-order valence-electron chi connectivity index (χ4n) is 4.22. The third-order valence-electron chi connectivity index (χ3n) is 5.67. The molecule has 1 spiro atoms.